The van der Waals surface area contributed by atoms with E-state index < -0.39 is 0 Å². The topological polar surface area (TPSA) is 41.1 Å². The fourth-order valence-electron chi connectivity index (χ4n) is 1.90. The molecule has 0 bridgehead atoms. The number of hydrogen-bond acceptors (Lipinski definition) is 2. The van der Waals surface area contributed by atoms with Crippen LogP contribution in [0.1, 0.15) is 22.8 Å². The summed E-state index contributed by atoms with van der Waals surface area (Å²) in [5.74, 6) is -0.0781. The first-order valence-corrected chi connectivity index (χ1v) is 7.42. The third kappa shape index (κ3) is 4.38. The average molecular weight is 323 g/mol. The zero-order valence-corrected chi connectivity index (χ0v) is 13.1. The van der Waals surface area contributed by atoms with Gasteiger partial charge < -0.3 is 10.6 Å². The summed E-state index contributed by atoms with van der Waals surface area (Å²) in [5.41, 5.74) is 2.44. The Balaban J connectivity index is 2.06. The van der Waals surface area contributed by atoms with Crippen molar-refractivity contribution in [1.82, 2.24) is 5.32 Å². The zero-order valence-electron chi connectivity index (χ0n) is 11.6. The molecule has 2 N–H and O–H groups in total. The maximum absolute atomic E-state index is 11.8. The van der Waals surface area contributed by atoms with Crippen LogP contribution in [0.3, 0.4) is 0 Å². The SMILES string of the molecule is CCNC(=O)c1cccc(NCc2ccc(Cl)cc2Cl)c1. The van der Waals surface area contributed by atoms with E-state index in [-0.39, 0.29) is 5.91 Å². The molecule has 0 aliphatic carbocycles. The van der Waals surface area contributed by atoms with Crippen molar-refractivity contribution in [3.63, 3.8) is 0 Å². The van der Waals surface area contributed by atoms with Crippen LogP contribution < -0.4 is 10.6 Å². The van der Waals surface area contributed by atoms with Crippen molar-refractivity contribution in [2.45, 2.75) is 13.5 Å². The molecular formula is C16H16Cl2N2O. The van der Waals surface area contributed by atoms with Gasteiger partial charge in [0.15, 0.2) is 0 Å². The normalized spacial score (nSPS) is 10.2. The first-order chi connectivity index (χ1) is 10.1. The predicted octanol–water partition coefficient (Wildman–Crippen LogP) is 4.36. The highest BCUT2D eigenvalue weighted by Gasteiger charge is 2.05. The smallest absolute Gasteiger partial charge is 0.251 e. The lowest BCUT2D eigenvalue weighted by molar-refractivity contribution is 0.0956. The van der Waals surface area contributed by atoms with E-state index in [2.05, 4.69) is 10.6 Å². The Kier molecular flexibility index (Phi) is 5.48. The van der Waals surface area contributed by atoms with Gasteiger partial charge in [0, 0.05) is 34.4 Å². The van der Waals surface area contributed by atoms with Crippen molar-refractivity contribution in [2.24, 2.45) is 0 Å². The van der Waals surface area contributed by atoms with Crippen LogP contribution in [-0.4, -0.2) is 12.5 Å². The van der Waals surface area contributed by atoms with Gasteiger partial charge in [0.25, 0.3) is 5.91 Å². The minimum absolute atomic E-state index is 0.0781. The number of benzene rings is 2. The Morgan fingerprint density at radius 3 is 2.67 bits per heavy atom. The van der Waals surface area contributed by atoms with E-state index in [0.717, 1.165) is 11.3 Å². The van der Waals surface area contributed by atoms with Crippen LogP contribution in [0.2, 0.25) is 10.0 Å². The highest BCUT2D eigenvalue weighted by atomic mass is 35.5. The van der Waals surface area contributed by atoms with E-state index in [1.807, 2.05) is 31.2 Å². The quantitative estimate of drug-likeness (QED) is 0.858. The van der Waals surface area contributed by atoms with Crippen molar-refractivity contribution in [3.8, 4) is 0 Å². The molecule has 3 nitrogen and oxygen atoms in total. The van der Waals surface area contributed by atoms with E-state index in [9.17, 15) is 4.79 Å². The molecule has 21 heavy (non-hydrogen) atoms. The summed E-state index contributed by atoms with van der Waals surface area (Å²) in [6, 6.07) is 12.7. The van der Waals surface area contributed by atoms with Crippen molar-refractivity contribution >= 4 is 34.8 Å². The molecule has 0 aliphatic heterocycles. The molecule has 0 aliphatic rings. The summed E-state index contributed by atoms with van der Waals surface area (Å²) in [4.78, 5) is 11.8. The maximum Gasteiger partial charge on any atom is 0.251 e. The van der Waals surface area contributed by atoms with Gasteiger partial charge in [-0.05, 0) is 42.8 Å². The Morgan fingerprint density at radius 2 is 1.95 bits per heavy atom. The number of hydrogen-bond donors (Lipinski definition) is 2. The van der Waals surface area contributed by atoms with Gasteiger partial charge >= 0.3 is 0 Å². The van der Waals surface area contributed by atoms with E-state index in [1.165, 1.54) is 0 Å². The Labute approximate surface area is 134 Å². The van der Waals surface area contributed by atoms with Gasteiger partial charge in [-0.2, -0.15) is 0 Å². The monoisotopic (exact) mass is 322 g/mol. The number of anilines is 1. The summed E-state index contributed by atoms with van der Waals surface area (Å²) >= 11 is 12.0. The van der Waals surface area contributed by atoms with Gasteiger partial charge in [-0.15, -0.1) is 0 Å². The van der Waals surface area contributed by atoms with Gasteiger partial charge in [0.2, 0.25) is 0 Å². The molecule has 0 spiro atoms. The summed E-state index contributed by atoms with van der Waals surface area (Å²) in [7, 11) is 0. The number of rotatable bonds is 5. The Morgan fingerprint density at radius 1 is 1.14 bits per heavy atom. The molecular weight excluding hydrogens is 307 g/mol. The van der Waals surface area contributed by atoms with E-state index >= 15 is 0 Å². The molecule has 110 valence electrons. The molecule has 0 saturated carbocycles. The lowest BCUT2D eigenvalue weighted by atomic mass is 10.1. The van der Waals surface area contributed by atoms with E-state index in [0.29, 0.717) is 28.7 Å². The second-order valence-corrected chi connectivity index (χ2v) is 5.37. The molecule has 0 fully saturated rings. The number of carbonyl (C=O) groups is 1. The summed E-state index contributed by atoms with van der Waals surface area (Å²) in [6.07, 6.45) is 0. The highest BCUT2D eigenvalue weighted by Crippen LogP contribution is 2.22. The molecule has 0 heterocycles. The van der Waals surface area contributed by atoms with Gasteiger partial charge in [-0.1, -0.05) is 35.3 Å². The van der Waals surface area contributed by atoms with Gasteiger partial charge in [-0.3, -0.25) is 4.79 Å². The average Bonchev–Trinajstić information content (AvgIpc) is 2.47. The van der Waals surface area contributed by atoms with Gasteiger partial charge in [0.05, 0.1) is 0 Å². The number of halogens is 2. The predicted molar refractivity (Wildman–Crippen MR) is 88.2 cm³/mol. The molecule has 0 saturated heterocycles. The summed E-state index contributed by atoms with van der Waals surface area (Å²) < 4.78 is 0. The molecule has 2 aromatic rings. The van der Waals surface area contributed by atoms with Gasteiger partial charge in [-0.25, -0.2) is 0 Å². The standard InChI is InChI=1S/C16H16Cl2N2O/c1-2-19-16(21)11-4-3-5-14(8-11)20-10-12-6-7-13(17)9-15(12)18/h3-9,20H,2,10H2,1H3,(H,19,21). The van der Waals surface area contributed by atoms with Crippen LogP contribution in [0.4, 0.5) is 5.69 Å². The van der Waals surface area contributed by atoms with Crippen molar-refractivity contribution in [2.75, 3.05) is 11.9 Å². The van der Waals surface area contributed by atoms with Crippen molar-refractivity contribution < 1.29 is 4.79 Å². The first kappa shape index (κ1) is 15.7. The molecule has 0 aromatic heterocycles. The molecule has 0 atom stereocenters. The van der Waals surface area contributed by atoms with Crippen LogP contribution in [0.25, 0.3) is 0 Å². The Hall–Kier alpha value is -1.71. The largest absolute Gasteiger partial charge is 0.381 e. The minimum atomic E-state index is -0.0781. The fourth-order valence-corrected chi connectivity index (χ4v) is 2.37. The molecule has 2 rings (SSSR count). The van der Waals surface area contributed by atoms with Crippen LogP contribution in [0, 0.1) is 0 Å². The first-order valence-electron chi connectivity index (χ1n) is 6.66. The van der Waals surface area contributed by atoms with Crippen LogP contribution in [0.5, 0.6) is 0 Å². The lowest BCUT2D eigenvalue weighted by Gasteiger charge is -2.10. The minimum Gasteiger partial charge on any atom is -0.381 e. The maximum atomic E-state index is 11.8. The molecule has 1 amide bonds. The van der Waals surface area contributed by atoms with Crippen molar-refractivity contribution in [1.29, 1.82) is 0 Å². The summed E-state index contributed by atoms with van der Waals surface area (Å²) in [6.45, 7) is 3.06. The Bertz CT molecular complexity index is 644. The second kappa shape index (κ2) is 7.34. The lowest BCUT2D eigenvalue weighted by Crippen LogP contribution is -2.22. The molecule has 0 radical (unpaired) electrons. The van der Waals surface area contributed by atoms with Crippen LogP contribution >= 0.6 is 23.2 Å². The van der Waals surface area contributed by atoms with Crippen molar-refractivity contribution in [3.05, 3.63) is 63.6 Å². The van der Waals surface area contributed by atoms with Crippen LogP contribution in [-0.2, 0) is 6.54 Å². The highest BCUT2D eigenvalue weighted by molar-refractivity contribution is 6.35. The second-order valence-electron chi connectivity index (χ2n) is 4.53. The third-order valence-corrected chi connectivity index (χ3v) is 3.55. The van der Waals surface area contributed by atoms with Crippen LogP contribution in [0.15, 0.2) is 42.5 Å². The van der Waals surface area contributed by atoms with E-state index in [1.54, 1.807) is 18.2 Å². The number of nitrogens with one attached hydrogen (secondary N) is 2. The van der Waals surface area contributed by atoms with E-state index in [4.69, 9.17) is 23.2 Å². The number of amides is 1. The number of carbonyl (C=O) groups excluding carboxylic acids is 1. The van der Waals surface area contributed by atoms with Gasteiger partial charge in [0.1, 0.15) is 0 Å². The molecule has 0 unspecified atom stereocenters. The third-order valence-electron chi connectivity index (χ3n) is 2.96. The summed E-state index contributed by atoms with van der Waals surface area (Å²) in [5, 5.41) is 7.26. The zero-order chi connectivity index (χ0) is 15.2. The fraction of sp³-hybridized carbons (Fsp3) is 0.188. The molecule has 5 heteroatoms. The molecule has 2 aromatic carbocycles.